The van der Waals surface area contributed by atoms with Crippen molar-refractivity contribution in [1.82, 2.24) is 13.8 Å². The van der Waals surface area contributed by atoms with Crippen molar-refractivity contribution >= 4 is 60.3 Å². The molecular weight excluding hydrogens is 396 g/mol. The number of aromatic nitrogens is 3. The summed E-state index contributed by atoms with van der Waals surface area (Å²) in [4.78, 5) is 34.4. The summed E-state index contributed by atoms with van der Waals surface area (Å²) in [5.74, 6) is -0.241. The highest BCUT2D eigenvalue weighted by atomic mass is 32.2. The van der Waals surface area contributed by atoms with Gasteiger partial charge in [-0.05, 0) is 36.7 Å². The van der Waals surface area contributed by atoms with Crippen LogP contribution in [0.1, 0.15) is 20.9 Å². The Bertz CT molecular complexity index is 1500. The maximum Gasteiger partial charge on any atom is 0.267 e. The Hall–Kier alpha value is -3.30. The molecule has 28 heavy (non-hydrogen) atoms. The van der Waals surface area contributed by atoms with E-state index in [1.54, 1.807) is 31.3 Å². The van der Waals surface area contributed by atoms with Crippen molar-refractivity contribution < 1.29 is 9.90 Å². The van der Waals surface area contributed by atoms with Crippen LogP contribution < -0.4 is 11.3 Å². The van der Waals surface area contributed by atoms with Gasteiger partial charge in [-0.15, -0.1) is 11.3 Å². The van der Waals surface area contributed by atoms with Gasteiger partial charge in [0.15, 0.2) is 5.65 Å². The van der Waals surface area contributed by atoms with E-state index in [2.05, 4.69) is 9.97 Å². The van der Waals surface area contributed by atoms with E-state index in [4.69, 9.17) is 5.73 Å². The van der Waals surface area contributed by atoms with Crippen LogP contribution in [-0.2, 0) is 0 Å². The number of aromatic hydroxyl groups is 1. The Balaban J connectivity index is 1.76. The second-order valence-corrected chi connectivity index (χ2v) is 8.55. The van der Waals surface area contributed by atoms with Crippen LogP contribution in [0.25, 0.3) is 25.9 Å². The van der Waals surface area contributed by atoms with Gasteiger partial charge in [-0.25, -0.2) is 8.77 Å². The number of hydrogen-bond acceptors (Lipinski definition) is 8. The monoisotopic (exact) mass is 408 g/mol. The van der Waals surface area contributed by atoms with Crippen molar-refractivity contribution in [2.24, 2.45) is 0 Å². The Morgan fingerprint density at radius 1 is 1.29 bits per heavy atom. The van der Waals surface area contributed by atoms with Crippen LogP contribution in [0, 0.1) is 6.92 Å². The van der Waals surface area contributed by atoms with Crippen molar-refractivity contribution in [2.45, 2.75) is 6.92 Å². The summed E-state index contributed by atoms with van der Waals surface area (Å²) in [5, 5.41) is 11.2. The molecule has 0 spiro atoms. The van der Waals surface area contributed by atoms with Gasteiger partial charge in [-0.1, -0.05) is 6.07 Å². The number of carbonyl (C=O) groups is 1. The molecule has 9 heteroatoms. The summed E-state index contributed by atoms with van der Waals surface area (Å²) >= 11 is 2.47. The average Bonchev–Trinajstić information content (AvgIpc) is 3.19. The molecule has 5 rings (SSSR count). The standard InChI is InChI=1S/C19H12N4O3S2/c1-8-7-12(25)23-18(22-8)13-14(20)17(27-19(13)28-23)16(26)10-4-5-11(24)15-9(10)3-2-6-21-15/h2-7,24H,20H2,1H3. The molecule has 0 amide bonds. The zero-order chi connectivity index (χ0) is 19.6. The van der Waals surface area contributed by atoms with Gasteiger partial charge in [-0.2, -0.15) is 0 Å². The molecule has 1 aromatic carbocycles. The van der Waals surface area contributed by atoms with Crippen molar-refractivity contribution in [2.75, 3.05) is 5.73 Å². The first-order chi connectivity index (χ1) is 13.5. The zero-order valence-electron chi connectivity index (χ0n) is 14.5. The molecule has 0 fully saturated rings. The molecule has 0 bridgehead atoms. The number of phenols is 1. The number of rotatable bonds is 2. The SMILES string of the molecule is Cc1cc(=O)n2sc3sc(C(=O)c4ccc(O)c5ncccc45)c(N)c3c2n1. The van der Waals surface area contributed by atoms with Crippen molar-refractivity contribution in [3.63, 3.8) is 0 Å². The number of fused-ring (bicyclic) bond motifs is 4. The number of hydrogen-bond donors (Lipinski definition) is 2. The van der Waals surface area contributed by atoms with Gasteiger partial charge in [0.2, 0.25) is 5.78 Å². The lowest BCUT2D eigenvalue weighted by molar-refractivity contribution is 0.104. The van der Waals surface area contributed by atoms with E-state index in [0.717, 1.165) is 4.01 Å². The molecule has 7 nitrogen and oxygen atoms in total. The number of anilines is 1. The predicted molar refractivity (Wildman–Crippen MR) is 111 cm³/mol. The van der Waals surface area contributed by atoms with E-state index in [0.29, 0.717) is 43.8 Å². The van der Waals surface area contributed by atoms with Crippen LogP contribution in [0.3, 0.4) is 0 Å². The highest BCUT2D eigenvalue weighted by Crippen LogP contribution is 2.41. The van der Waals surface area contributed by atoms with Gasteiger partial charge in [0.1, 0.15) is 20.2 Å². The van der Waals surface area contributed by atoms with Crippen molar-refractivity contribution in [3.8, 4) is 5.75 Å². The first-order valence-electron chi connectivity index (χ1n) is 8.29. The lowest BCUT2D eigenvalue weighted by atomic mass is 10.0. The van der Waals surface area contributed by atoms with E-state index < -0.39 is 0 Å². The minimum atomic E-state index is -0.253. The number of phenolic OH excluding ortho intramolecular Hbond substituents is 1. The maximum atomic E-state index is 13.3. The van der Waals surface area contributed by atoms with E-state index in [1.165, 1.54) is 38.8 Å². The largest absolute Gasteiger partial charge is 0.506 e. The van der Waals surface area contributed by atoms with E-state index in [1.807, 2.05) is 0 Å². The summed E-state index contributed by atoms with van der Waals surface area (Å²) in [6.07, 6.45) is 1.56. The Morgan fingerprint density at radius 2 is 2.11 bits per heavy atom. The lowest BCUT2D eigenvalue weighted by Crippen LogP contribution is -2.11. The second kappa shape index (κ2) is 5.85. The highest BCUT2D eigenvalue weighted by Gasteiger charge is 2.24. The second-order valence-electron chi connectivity index (χ2n) is 6.31. The van der Waals surface area contributed by atoms with Gasteiger partial charge >= 0.3 is 0 Å². The van der Waals surface area contributed by atoms with E-state index >= 15 is 0 Å². The molecule has 0 saturated carbocycles. The number of ketones is 1. The average molecular weight is 408 g/mol. The number of nitrogen functional groups attached to an aromatic ring is 1. The fourth-order valence-electron chi connectivity index (χ4n) is 3.26. The van der Waals surface area contributed by atoms with Crippen LogP contribution in [0.5, 0.6) is 5.75 Å². The Morgan fingerprint density at radius 3 is 2.93 bits per heavy atom. The molecule has 0 aliphatic carbocycles. The van der Waals surface area contributed by atoms with Crippen LogP contribution in [0.15, 0.2) is 41.3 Å². The van der Waals surface area contributed by atoms with Crippen molar-refractivity contribution in [3.05, 3.63) is 63.0 Å². The number of carbonyl (C=O) groups excluding carboxylic acids is 1. The number of nitrogens with two attached hydrogens (primary N) is 1. The van der Waals surface area contributed by atoms with Gasteiger partial charge in [0.05, 0.1) is 11.1 Å². The van der Waals surface area contributed by atoms with Crippen LogP contribution in [-0.4, -0.2) is 24.6 Å². The molecule has 0 aliphatic rings. The number of nitrogens with zero attached hydrogens (tertiary/aromatic N) is 3. The Labute approximate surface area is 165 Å². The summed E-state index contributed by atoms with van der Waals surface area (Å²) < 4.78 is 2.25. The Kier molecular flexibility index (Phi) is 3.52. The minimum absolute atomic E-state index is 0.0114. The first-order valence-corrected chi connectivity index (χ1v) is 9.87. The number of pyridine rings is 1. The number of thiophene rings is 1. The maximum absolute atomic E-state index is 13.3. The molecule has 3 N–H and O–H groups in total. The summed E-state index contributed by atoms with van der Waals surface area (Å²) in [5.41, 5.74) is 8.32. The lowest BCUT2D eigenvalue weighted by Gasteiger charge is -2.06. The molecule has 0 saturated heterocycles. The topological polar surface area (TPSA) is 111 Å². The molecule has 138 valence electrons. The molecule has 4 heterocycles. The number of benzene rings is 1. The third kappa shape index (κ3) is 2.26. The van der Waals surface area contributed by atoms with Crippen LogP contribution in [0.4, 0.5) is 5.69 Å². The summed E-state index contributed by atoms with van der Waals surface area (Å²) in [6.45, 7) is 1.75. The van der Waals surface area contributed by atoms with Crippen LogP contribution >= 0.6 is 22.9 Å². The third-order valence-electron chi connectivity index (χ3n) is 4.52. The van der Waals surface area contributed by atoms with E-state index in [-0.39, 0.29) is 17.1 Å². The van der Waals surface area contributed by atoms with Gasteiger partial charge in [-0.3, -0.25) is 14.6 Å². The summed E-state index contributed by atoms with van der Waals surface area (Å²) in [7, 11) is 0. The molecule has 5 aromatic rings. The molecule has 4 aromatic heterocycles. The first kappa shape index (κ1) is 16.8. The zero-order valence-corrected chi connectivity index (χ0v) is 16.1. The van der Waals surface area contributed by atoms with Gasteiger partial charge in [0.25, 0.3) is 5.56 Å². The fourth-order valence-corrected chi connectivity index (χ4v) is 5.61. The number of aryl methyl sites for hydroxylation is 1. The van der Waals surface area contributed by atoms with E-state index in [9.17, 15) is 14.7 Å². The molecule has 0 atom stereocenters. The van der Waals surface area contributed by atoms with Gasteiger partial charge in [0, 0.05) is 28.9 Å². The quantitative estimate of drug-likeness (QED) is 0.434. The predicted octanol–water partition coefficient (Wildman–Crippen LogP) is 3.35. The molecular formula is C19H12N4O3S2. The molecule has 0 unspecified atom stereocenters. The summed E-state index contributed by atoms with van der Waals surface area (Å²) in [6, 6.07) is 7.93. The van der Waals surface area contributed by atoms with Crippen LogP contribution in [0.2, 0.25) is 0 Å². The third-order valence-corrected chi connectivity index (χ3v) is 6.89. The normalized spacial score (nSPS) is 11.6. The fraction of sp³-hybridized carbons (Fsp3) is 0.0526. The molecule has 0 radical (unpaired) electrons. The van der Waals surface area contributed by atoms with Crippen molar-refractivity contribution in [1.29, 1.82) is 0 Å². The molecule has 0 aliphatic heterocycles. The minimum Gasteiger partial charge on any atom is -0.506 e. The smallest absolute Gasteiger partial charge is 0.267 e. The van der Waals surface area contributed by atoms with Gasteiger partial charge < -0.3 is 10.8 Å². The highest BCUT2D eigenvalue weighted by molar-refractivity contribution is 7.38.